The van der Waals surface area contributed by atoms with Crippen molar-refractivity contribution in [3.8, 4) is 0 Å². The van der Waals surface area contributed by atoms with Crippen LogP contribution in [0, 0.1) is 5.92 Å². The molecule has 0 saturated carbocycles. The highest BCUT2D eigenvalue weighted by molar-refractivity contribution is 5.75. The number of hydrogen-bond acceptors (Lipinski definition) is 2. The first-order valence-electron chi connectivity index (χ1n) is 6.18. The molecule has 0 saturated heterocycles. The smallest absolute Gasteiger partial charge is 0.239 e. The van der Waals surface area contributed by atoms with Crippen molar-refractivity contribution in [1.29, 1.82) is 0 Å². The Bertz CT molecular complexity index is 357. The maximum absolute atomic E-state index is 11.3. The Hall–Kier alpha value is -1.29. The fourth-order valence-corrected chi connectivity index (χ4v) is 1.94. The van der Waals surface area contributed by atoms with Crippen LogP contribution in [0.3, 0.4) is 0 Å². The minimum atomic E-state index is 0.0247. The number of aromatic nitrogens is 1. The van der Waals surface area contributed by atoms with Gasteiger partial charge in [-0.1, -0.05) is 20.8 Å². The standard InChI is InChI=1S/C13H23N3O/c1-5-15-13(10(2)3)11-6-7-16(8-11)9-12(17)14-4/h6-8,10,13,15H,5,9H2,1-4H3,(H,14,17). The van der Waals surface area contributed by atoms with E-state index in [2.05, 4.69) is 37.5 Å². The SMILES string of the molecule is CCNC(c1ccn(CC(=O)NC)c1)C(C)C. The zero-order valence-corrected chi connectivity index (χ0v) is 11.2. The Balaban J connectivity index is 2.74. The molecule has 0 aromatic carbocycles. The van der Waals surface area contributed by atoms with Crippen molar-refractivity contribution in [3.63, 3.8) is 0 Å². The highest BCUT2D eigenvalue weighted by Crippen LogP contribution is 2.21. The van der Waals surface area contributed by atoms with E-state index in [4.69, 9.17) is 0 Å². The first-order valence-corrected chi connectivity index (χ1v) is 6.18. The fourth-order valence-electron chi connectivity index (χ4n) is 1.94. The molecule has 0 aliphatic carbocycles. The van der Waals surface area contributed by atoms with Gasteiger partial charge in [-0.25, -0.2) is 0 Å². The van der Waals surface area contributed by atoms with Gasteiger partial charge in [0.2, 0.25) is 5.91 Å². The van der Waals surface area contributed by atoms with Crippen molar-refractivity contribution < 1.29 is 4.79 Å². The van der Waals surface area contributed by atoms with Crippen LogP contribution in [0.2, 0.25) is 0 Å². The monoisotopic (exact) mass is 237 g/mol. The van der Waals surface area contributed by atoms with E-state index < -0.39 is 0 Å². The summed E-state index contributed by atoms with van der Waals surface area (Å²) < 4.78 is 1.92. The Kier molecular flexibility index (Phi) is 5.22. The molecule has 0 bridgehead atoms. The fraction of sp³-hybridized carbons (Fsp3) is 0.615. The Morgan fingerprint density at radius 2 is 2.18 bits per heavy atom. The highest BCUT2D eigenvalue weighted by Gasteiger charge is 2.15. The number of nitrogens with one attached hydrogen (secondary N) is 2. The molecule has 1 rings (SSSR count). The van der Waals surface area contributed by atoms with Gasteiger partial charge in [0.1, 0.15) is 6.54 Å². The first-order chi connectivity index (χ1) is 8.08. The molecule has 17 heavy (non-hydrogen) atoms. The molecule has 1 heterocycles. The normalized spacial score (nSPS) is 12.8. The number of amides is 1. The van der Waals surface area contributed by atoms with E-state index in [0.29, 0.717) is 18.5 Å². The molecule has 96 valence electrons. The topological polar surface area (TPSA) is 46.1 Å². The summed E-state index contributed by atoms with van der Waals surface area (Å²) in [5.41, 5.74) is 1.24. The van der Waals surface area contributed by atoms with Gasteiger partial charge in [0, 0.05) is 25.5 Å². The van der Waals surface area contributed by atoms with Crippen LogP contribution in [0.1, 0.15) is 32.4 Å². The van der Waals surface area contributed by atoms with Crippen molar-refractivity contribution >= 4 is 5.91 Å². The Morgan fingerprint density at radius 1 is 1.47 bits per heavy atom. The van der Waals surface area contributed by atoms with Gasteiger partial charge in [0.05, 0.1) is 0 Å². The van der Waals surface area contributed by atoms with Crippen LogP contribution in [0.15, 0.2) is 18.5 Å². The van der Waals surface area contributed by atoms with Crippen molar-refractivity contribution in [2.75, 3.05) is 13.6 Å². The van der Waals surface area contributed by atoms with Crippen LogP contribution in [0.25, 0.3) is 0 Å². The largest absolute Gasteiger partial charge is 0.358 e. The maximum Gasteiger partial charge on any atom is 0.239 e. The molecule has 2 N–H and O–H groups in total. The number of likely N-dealkylation sites (N-methyl/N-ethyl adjacent to an activating group) is 1. The molecule has 1 aromatic heterocycles. The average molecular weight is 237 g/mol. The molecule has 1 atom stereocenters. The van der Waals surface area contributed by atoms with E-state index in [1.807, 2.05) is 17.0 Å². The predicted octanol–water partition coefficient (Wildman–Crippen LogP) is 1.54. The first kappa shape index (κ1) is 13.8. The number of nitrogens with zero attached hydrogens (tertiary/aromatic N) is 1. The van der Waals surface area contributed by atoms with Gasteiger partial charge in [-0.2, -0.15) is 0 Å². The second-order valence-electron chi connectivity index (χ2n) is 4.57. The summed E-state index contributed by atoms with van der Waals surface area (Å²) >= 11 is 0. The van der Waals surface area contributed by atoms with E-state index in [0.717, 1.165) is 6.54 Å². The molecular formula is C13H23N3O. The maximum atomic E-state index is 11.3. The average Bonchev–Trinajstić information content (AvgIpc) is 2.73. The third kappa shape index (κ3) is 3.89. The van der Waals surface area contributed by atoms with Crippen LogP contribution in [0.5, 0.6) is 0 Å². The van der Waals surface area contributed by atoms with Gasteiger partial charge in [-0.05, 0) is 24.1 Å². The van der Waals surface area contributed by atoms with Crippen molar-refractivity contribution in [1.82, 2.24) is 15.2 Å². The molecule has 4 heteroatoms. The Labute approximate surface area is 103 Å². The third-order valence-electron chi connectivity index (χ3n) is 2.83. The van der Waals surface area contributed by atoms with Gasteiger partial charge in [-0.3, -0.25) is 4.79 Å². The van der Waals surface area contributed by atoms with Gasteiger partial charge in [-0.15, -0.1) is 0 Å². The third-order valence-corrected chi connectivity index (χ3v) is 2.83. The van der Waals surface area contributed by atoms with Crippen molar-refractivity contribution in [2.24, 2.45) is 5.92 Å². The molecule has 1 aromatic rings. The Morgan fingerprint density at radius 3 is 2.71 bits per heavy atom. The summed E-state index contributed by atoms with van der Waals surface area (Å²) in [4.78, 5) is 11.3. The van der Waals surface area contributed by atoms with Crippen LogP contribution in [-0.4, -0.2) is 24.1 Å². The molecule has 4 nitrogen and oxygen atoms in total. The quantitative estimate of drug-likeness (QED) is 0.788. The second kappa shape index (κ2) is 6.45. The van der Waals surface area contributed by atoms with Gasteiger partial charge < -0.3 is 15.2 Å². The minimum Gasteiger partial charge on any atom is -0.358 e. The lowest BCUT2D eigenvalue weighted by Crippen LogP contribution is -2.25. The molecule has 0 radical (unpaired) electrons. The van der Waals surface area contributed by atoms with Gasteiger partial charge in [0.25, 0.3) is 0 Å². The summed E-state index contributed by atoms with van der Waals surface area (Å²) in [6.07, 6.45) is 4.00. The molecule has 1 unspecified atom stereocenters. The minimum absolute atomic E-state index is 0.0247. The predicted molar refractivity (Wildman–Crippen MR) is 69.8 cm³/mol. The number of carbonyl (C=O) groups excluding carboxylic acids is 1. The lowest BCUT2D eigenvalue weighted by molar-refractivity contribution is -0.121. The van der Waals surface area contributed by atoms with E-state index in [-0.39, 0.29) is 5.91 Å². The van der Waals surface area contributed by atoms with Crippen LogP contribution in [-0.2, 0) is 11.3 Å². The van der Waals surface area contributed by atoms with Gasteiger partial charge in [0.15, 0.2) is 0 Å². The van der Waals surface area contributed by atoms with Crippen molar-refractivity contribution in [2.45, 2.75) is 33.4 Å². The molecule has 0 aliphatic heterocycles. The number of rotatable bonds is 6. The zero-order chi connectivity index (χ0) is 12.8. The highest BCUT2D eigenvalue weighted by atomic mass is 16.1. The van der Waals surface area contributed by atoms with E-state index in [1.54, 1.807) is 7.05 Å². The number of carbonyl (C=O) groups is 1. The van der Waals surface area contributed by atoms with Crippen LogP contribution < -0.4 is 10.6 Å². The summed E-state index contributed by atoms with van der Waals surface area (Å²) in [7, 11) is 1.66. The van der Waals surface area contributed by atoms with E-state index in [1.165, 1.54) is 5.56 Å². The van der Waals surface area contributed by atoms with Crippen LogP contribution in [0.4, 0.5) is 0 Å². The molecule has 0 spiro atoms. The zero-order valence-electron chi connectivity index (χ0n) is 11.2. The second-order valence-corrected chi connectivity index (χ2v) is 4.57. The van der Waals surface area contributed by atoms with Gasteiger partial charge >= 0.3 is 0 Å². The van der Waals surface area contributed by atoms with Crippen molar-refractivity contribution in [3.05, 3.63) is 24.0 Å². The summed E-state index contributed by atoms with van der Waals surface area (Å²) in [6.45, 7) is 7.83. The molecule has 1 amide bonds. The molecular weight excluding hydrogens is 214 g/mol. The lowest BCUT2D eigenvalue weighted by Gasteiger charge is -2.20. The lowest BCUT2D eigenvalue weighted by atomic mass is 9.98. The summed E-state index contributed by atoms with van der Waals surface area (Å²) in [6, 6.07) is 2.43. The molecule has 0 fully saturated rings. The molecule has 0 aliphatic rings. The van der Waals surface area contributed by atoms with E-state index in [9.17, 15) is 4.79 Å². The van der Waals surface area contributed by atoms with Crippen LogP contribution >= 0.6 is 0 Å². The number of hydrogen-bond donors (Lipinski definition) is 2. The van der Waals surface area contributed by atoms with E-state index >= 15 is 0 Å². The summed E-state index contributed by atoms with van der Waals surface area (Å²) in [5, 5.41) is 6.09. The summed E-state index contributed by atoms with van der Waals surface area (Å²) in [5.74, 6) is 0.558.